The lowest BCUT2D eigenvalue weighted by Gasteiger charge is -2.40. The summed E-state index contributed by atoms with van der Waals surface area (Å²) < 4.78 is 5.18. The van der Waals surface area contributed by atoms with Gasteiger partial charge in [-0.1, -0.05) is 0 Å². The molecule has 3 N–H and O–H groups in total. The van der Waals surface area contributed by atoms with Crippen LogP contribution in [0.25, 0.3) is 0 Å². The summed E-state index contributed by atoms with van der Waals surface area (Å²) in [5.74, 6) is 0. The van der Waals surface area contributed by atoms with E-state index in [0.717, 1.165) is 19.6 Å². The zero-order valence-corrected chi connectivity index (χ0v) is 7.05. The van der Waals surface area contributed by atoms with Gasteiger partial charge in [0.1, 0.15) is 0 Å². The summed E-state index contributed by atoms with van der Waals surface area (Å²) >= 11 is 0. The van der Waals surface area contributed by atoms with Gasteiger partial charge in [-0.05, 0) is 18.6 Å². The topological polar surface area (TPSA) is 51.0 Å². The Hall–Kier alpha value is -0.800. The monoisotopic (exact) mass is 166 g/mol. The van der Waals surface area contributed by atoms with E-state index in [9.17, 15) is 0 Å². The summed E-state index contributed by atoms with van der Waals surface area (Å²) in [5.41, 5.74) is 7.16. The van der Waals surface area contributed by atoms with Crippen molar-refractivity contribution in [2.75, 3.05) is 19.8 Å². The molecule has 1 saturated heterocycles. The molecule has 0 saturated carbocycles. The van der Waals surface area contributed by atoms with Gasteiger partial charge >= 0.3 is 0 Å². The van der Waals surface area contributed by atoms with Crippen molar-refractivity contribution >= 4 is 0 Å². The SMILES string of the molecule is NCC1(Cc2ccc[nH]2)COC1. The average molecular weight is 166 g/mol. The molecule has 1 aromatic rings. The van der Waals surface area contributed by atoms with Crippen LogP contribution in [0.1, 0.15) is 5.69 Å². The van der Waals surface area contributed by atoms with Crippen molar-refractivity contribution in [1.82, 2.24) is 4.98 Å². The number of ether oxygens (including phenoxy) is 1. The third-order valence-electron chi connectivity index (χ3n) is 2.48. The number of hydrogen-bond acceptors (Lipinski definition) is 2. The van der Waals surface area contributed by atoms with E-state index < -0.39 is 0 Å². The summed E-state index contributed by atoms with van der Waals surface area (Å²) in [4.78, 5) is 3.18. The number of aromatic amines is 1. The smallest absolute Gasteiger partial charge is 0.0560 e. The molecular formula is C9H14N2O. The van der Waals surface area contributed by atoms with E-state index in [1.807, 2.05) is 12.3 Å². The van der Waals surface area contributed by atoms with Gasteiger partial charge < -0.3 is 15.5 Å². The van der Waals surface area contributed by atoms with Gasteiger partial charge in [0.25, 0.3) is 0 Å². The molecule has 3 heteroatoms. The van der Waals surface area contributed by atoms with Crippen LogP contribution in [-0.2, 0) is 11.2 Å². The number of nitrogens with two attached hydrogens (primary N) is 1. The van der Waals surface area contributed by atoms with Gasteiger partial charge in [-0.2, -0.15) is 0 Å². The number of nitrogens with one attached hydrogen (secondary N) is 1. The quantitative estimate of drug-likeness (QED) is 0.688. The molecular weight excluding hydrogens is 152 g/mol. The van der Waals surface area contributed by atoms with Crippen molar-refractivity contribution in [3.05, 3.63) is 24.0 Å². The lowest BCUT2D eigenvalue weighted by molar-refractivity contribution is -0.106. The Labute approximate surface area is 71.9 Å². The molecule has 2 rings (SSSR count). The first-order valence-electron chi connectivity index (χ1n) is 4.25. The molecule has 1 fully saturated rings. The lowest BCUT2D eigenvalue weighted by Crippen LogP contribution is -2.49. The summed E-state index contributed by atoms with van der Waals surface area (Å²) in [6.45, 7) is 2.33. The highest BCUT2D eigenvalue weighted by molar-refractivity contribution is 5.08. The Morgan fingerprint density at radius 2 is 2.42 bits per heavy atom. The molecule has 2 heterocycles. The second kappa shape index (κ2) is 2.92. The van der Waals surface area contributed by atoms with Gasteiger partial charge in [0, 0.05) is 23.9 Å². The van der Waals surface area contributed by atoms with Crippen molar-refractivity contribution in [3.8, 4) is 0 Å². The van der Waals surface area contributed by atoms with Crippen LogP contribution in [0.15, 0.2) is 18.3 Å². The predicted molar refractivity (Wildman–Crippen MR) is 46.8 cm³/mol. The van der Waals surface area contributed by atoms with Gasteiger partial charge in [-0.25, -0.2) is 0 Å². The van der Waals surface area contributed by atoms with Gasteiger partial charge in [0.15, 0.2) is 0 Å². The number of H-pyrrole nitrogens is 1. The van der Waals surface area contributed by atoms with Crippen molar-refractivity contribution < 1.29 is 4.74 Å². The second-order valence-electron chi connectivity index (χ2n) is 3.57. The number of hydrogen-bond donors (Lipinski definition) is 2. The van der Waals surface area contributed by atoms with Crippen LogP contribution in [-0.4, -0.2) is 24.7 Å². The largest absolute Gasteiger partial charge is 0.380 e. The van der Waals surface area contributed by atoms with E-state index in [1.165, 1.54) is 5.69 Å². The lowest BCUT2D eigenvalue weighted by atomic mass is 9.81. The third-order valence-corrected chi connectivity index (χ3v) is 2.48. The molecule has 0 bridgehead atoms. The van der Waals surface area contributed by atoms with Crippen LogP contribution in [0.3, 0.4) is 0 Å². The minimum Gasteiger partial charge on any atom is -0.380 e. The van der Waals surface area contributed by atoms with Crippen molar-refractivity contribution in [2.45, 2.75) is 6.42 Å². The van der Waals surface area contributed by atoms with Crippen molar-refractivity contribution in [3.63, 3.8) is 0 Å². The van der Waals surface area contributed by atoms with Crippen molar-refractivity contribution in [1.29, 1.82) is 0 Å². The Kier molecular flexibility index (Phi) is 1.90. The minimum atomic E-state index is 0.213. The second-order valence-corrected chi connectivity index (χ2v) is 3.57. The molecule has 0 atom stereocenters. The van der Waals surface area contributed by atoms with E-state index in [-0.39, 0.29) is 5.41 Å². The Balaban J connectivity index is 2.01. The highest BCUT2D eigenvalue weighted by atomic mass is 16.5. The maximum Gasteiger partial charge on any atom is 0.0560 e. The van der Waals surface area contributed by atoms with Crippen LogP contribution in [0.4, 0.5) is 0 Å². The summed E-state index contributed by atoms with van der Waals surface area (Å²) in [5, 5.41) is 0. The zero-order valence-electron chi connectivity index (χ0n) is 7.05. The van der Waals surface area contributed by atoms with E-state index in [0.29, 0.717) is 6.54 Å². The van der Waals surface area contributed by atoms with E-state index in [4.69, 9.17) is 10.5 Å². The van der Waals surface area contributed by atoms with Gasteiger partial charge in [0.05, 0.1) is 13.2 Å². The van der Waals surface area contributed by atoms with E-state index in [2.05, 4.69) is 11.1 Å². The molecule has 1 aromatic heterocycles. The first-order chi connectivity index (χ1) is 5.85. The van der Waals surface area contributed by atoms with E-state index in [1.54, 1.807) is 0 Å². The molecule has 3 nitrogen and oxygen atoms in total. The molecule has 0 amide bonds. The summed E-state index contributed by atoms with van der Waals surface area (Å²) in [6.07, 6.45) is 2.95. The first-order valence-corrected chi connectivity index (χ1v) is 4.25. The normalized spacial score (nSPS) is 20.4. The highest BCUT2D eigenvalue weighted by Gasteiger charge is 2.37. The standard InChI is InChI=1S/C9H14N2O/c10-5-9(6-12-7-9)4-8-2-1-3-11-8/h1-3,11H,4-7,10H2. The number of rotatable bonds is 3. The van der Waals surface area contributed by atoms with Crippen LogP contribution in [0, 0.1) is 5.41 Å². The molecule has 0 spiro atoms. The maximum atomic E-state index is 5.69. The molecule has 66 valence electrons. The zero-order chi connectivity index (χ0) is 8.44. The molecule has 1 aliphatic rings. The Morgan fingerprint density at radius 1 is 1.58 bits per heavy atom. The molecule has 0 unspecified atom stereocenters. The Morgan fingerprint density at radius 3 is 2.83 bits per heavy atom. The fourth-order valence-electron chi connectivity index (χ4n) is 1.56. The van der Waals surface area contributed by atoms with Crippen LogP contribution < -0.4 is 5.73 Å². The summed E-state index contributed by atoms with van der Waals surface area (Å²) in [7, 11) is 0. The molecule has 12 heavy (non-hydrogen) atoms. The van der Waals surface area contributed by atoms with Gasteiger partial charge in [0.2, 0.25) is 0 Å². The van der Waals surface area contributed by atoms with Gasteiger partial charge in [-0.15, -0.1) is 0 Å². The maximum absolute atomic E-state index is 5.69. The minimum absolute atomic E-state index is 0.213. The Bertz CT molecular complexity index is 234. The molecule has 1 aliphatic heterocycles. The molecule has 0 aromatic carbocycles. The van der Waals surface area contributed by atoms with Crippen LogP contribution in [0.2, 0.25) is 0 Å². The predicted octanol–water partition coefficient (Wildman–Crippen LogP) is 0.532. The van der Waals surface area contributed by atoms with E-state index >= 15 is 0 Å². The summed E-state index contributed by atoms with van der Waals surface area (Å²) in [6, 6.07) is 4.11. The fourth-order valence-corrected chi connectivity index (χ4v) is 1.56. The molecule has 0 aliphatic carbocycles. The fraction of sp³-hybridized carbons (Fsp3) is 0.556. The third kappa shape index (κ3) is 1.26. The highest BCUT2D eigenvalue weighted by Crippen LogP contribution is 2.29. The van der Waals surface area contributed by atoms with Crippen LogP contribution >= 0.6 is 0 Å². The van der Waals surface area contributed by atoms with Crippen LogP contribution in [0.5, 0.6) is 0 Å². The van der Waals surface area contributed by atoms with Gasteiger partial charge in [-0.3, -0.25) is 0 Å². The van der Waals surface area contributed by atoms with Crippen molar-refractivity contribution in [2.24, 2.45) is 11.1 Å². The number of aromatic nitrogens is 1. The molecule has 0 radical (unpaired) electrons. The first kappa shape index (κ1) is 7.83. The average Bonchev–Trinajstić information content (AvgIpc) is 2.49.